The third-order valence-electron chi connectivity index (χ3n) is 4.08. The summed E-state index contributed by atoms with van der Waals surface area (Å²) >= 11 is 0. The third-order valence-corrected chi connectivity index (χ3v) is 4.08. The molecular weight excluding hydrogens is 270 g/mol. The summed E-state index contributed by atoms with van der Waals surface area (Å²) in [5.74, 6) is 0.374. The summed E-state index contributed by atoms with van der Waals surface area (Å²) in [5, 5.41) is 11.1. The molecule has 0 saturated carbocycles. The molecule has 2 N–H and O–H groups in total. The first kappa shape index (κ1) is 15.3. The van der Waals surface area contributed by atoms with Crippen molar-refractivity contribution in [3.63, 3.8) is 0 Å². The Labute approximate surface area is 124 Å². The molecule has 1 aliphatic heterocycles. The van der Waals surface area contributed by atoms with Crippen LogP contribution in [0.4, 0.5) is 11.4 Å². The van der Waals surface area contributed by atoms with Crippen molar-refractivity contribution in [2.75, 3.05) is 18.8 Å². The zero-order valence-corrected chi connectivity index (χ0v) is 12.2. The molecule has 1 aromatic carbocycles. The van der Waals surface area contributed by atoms with Gasteiger partial charge in [0.05, 0.1) is 4.92 Å². The van der Waals surface area contributed by atoms with Crippen LogP contribution in [0.2, 0.25) is 0 Å². The molecule has 1 aromatic rings. The summed E-state index contributed by atoms with van der Waals surface area (Å²) in [7, 11) is 0. The first-order valence-corrected chi connectivity index (χ1v) is 7.36. The summed E-state index contributed by atoms with van der Waals surface area (Å²) in [6.07, 6.45) is 4.27. The third kappa shape index (κ3) is 3.32. The van der Waals surface area contributed by atoms with E-state index in [0.717, 1.165) is 19.3 Å². The molecule has 1 saturated heterocycles. The molecule has 0 aliphatic carbocycles. The SMILES string of the molecule is CCCC1CCN(C(=O)c2cccc(N)c2[N+](=O)[O-])CC1. The van der Waals surface area contributed by atoms with E-state index in [0.29, 0.717) is 19.0 Å². The zero-order valence-electron chi connectivity index (χ0n) is 12.2. The van der Waals surface area contributed by atoms with E-state index in [1.807, 2.05) is 0 Å². The second-order valence-electron chi connectivity index (χ2n) is 5.52. The Hall–Kier alpha value is -2.11. The smallest absolute Gasteiger partial charge is 0.304 e. The lowest BCUT2D eigenvalue weighted by atomic mass is 9.92. The van der Waals surface area contributed by atoms with Crippen LogP contribution >= 0.6 is 0 Å². The Balaban J connectivity index is 2.15. The Morgan fingerprint density at radius 2 is 2.10 bits per heavy atom. The van der Waals surface area contributed by atoms with Crippen molar-refractivity contribution in [1.29, 1.82) is 0 Å². The number of carbonyl (C=O) groups excluding carboxylic acids is 1. The van der Waals surface area contributed by atoms with Crippen LogP contribution in [0.1, 0.15) is 43.0 Å². The standard InChI is InChI=1S/C15H21N3O3/c1-2-4-11-7-9-17(10-8-11)15(19)12-5-3-6-13(16)14(12)18(20)21/h3,5-6,11H,2,4,7-10,16H2,1H3. The van der Waals surface area contributed by atoms with Crippen LogP contribution in [0.5, 0.6) is 0 Å². The van der Waals surface area contributed by atoms with Crippen LogP contribution in [0.3, 0.4) is 0 Å². The number of nitro groups is 1. The number of benzene rings is 1. The second kappa shape index (κ2) is 6.56. The lowest BCUT2D eigenvalue weighted by molar-refractivity contribution is -0.384. The predicted octanol–water partition coefficient (Wildman–Crippen LogP) is 2.83. The number of piperidine rings is 1. The Morgan fingerprint density at radius 1 is 1.43 bits per heavy atom. The molecule has 1 aliphatic rings. The van der Waals surface area contributed by atoms with Crippen molar-refractivity contribution < 1.29 is 9.72 Å². The maximum Gasteiger partial charge on any atom is 0.304 e. The lowest BCUT2D eigenvalue weighted by Gasteiger charge is -2.31. The van der Waals surface area contributed by atoms with Gasteiger partial charge in [0.25, 0.3) is 5.91 Å². The highest BCUT2D eigenvalue weighted by molar-refractivity contribution is 6.00. The van der Waals surface area contributed by atoms with Gasteiger partial charge in [-0.1, -0.05) is 25.8 Å². The van der Waals surface area contributed by atoms with Gasteiger partial charge in [-0.2, -0.15) is 0 Å². The molecule has 21 heavy (non-hydrogen) atoms. The van der Waals surface area contributed by atoms with Gasteiger partial charge in [0, 0.05) is 13.1 Å². The zero-order chi connectivity index (χ0) is 15.4. The minimum Gasteiger partial charge on any atom is -0.393 e. The van der Waals surface area contributed by atoms with E-state index in [1.165, 1.54) is 18.6 Å². The predicted molar refractivity (Wildman–Crippen MR) is 81.0 cm³/mol. The van der Waals surface area contributed by atoms with Gasteiger partial charge in [-0.3, -0.25) is 14.9 Å². The van der Waals surface area contributed by atoms with Crippen LogP contribution in [0.15, 0.2) is 18.2 Å². The monoisotopic (exact) mass is 291 g/mol. The van der Waals surface area contributed by atoms with Crippen LogP contribution in [-0.2, 0) is 0 Å². The largest absolute Gasteiger partial charge is 0.393 e. The van der Waals surface area contributed by atoms with Crippen LogP contribution in [0, 0.1) is 16.0 Å². The van der Waals surface area contributed by atoms with Crippen LogP contribution in [-0.4, -0.2) is 28.8 Å². The fraction of sp³-hybridized carbons (Fsp3) is 0.533. The summed E-state index contributed by atoms with van der Waals surface area (Å²) in [4.78, 5) is 24.8. The highest BCUT2D eigenvalue weighted by atomic mass is 16.6. The minimum atomic E-state index is -0.577. The van der Waals surface area contributed by atoms with Crippen molar-refractivity contribution in [3.8, 4) is 0 Å². The molecule has 0 spiro atoms. The number of amides is 1. The lowest BCUT2D eigenvalue weighted by Crippen LogP contribution is -2.38. The molecule has 1 heterocycles. The molecule has 0 unspecified atom stereocenters. The summed E-state index contributed by atoms with van der Waals surface area (Å²) in [6.45, 7) is 3.48. The molecule has 6 nitrogen and oxygen atoms in total. The minimum absolute atomic E-state index is 0.0340. The Bertz CT molecular complexity index is 537. The van der Waals surface area contributed by atoms with Crippen molar-refractivity contribution in [3.05, 3.63) is 33.9 Å². The first-order valence-electron chi connectivity index (χ1n) is 7.36. The molecule has 0 radical (unpaired) electrons. The Kier molecular flexibility index (Phi) is 4.77. The number of rotatable bonds is 4. The quantitative estimate of drug-likeness (QED) is 0.524. The molecular formula is C15H21N3O3. The van der Waals surface area contributed by atoms with Crippen molar-refractivity contribution >= 4 is 17.3 Å². The molecule has 2 rings (SSSR count). The first-order chi connectivity index (χ1) is 10.0. The number of nitro benzene ring substituents is 1. The highest BCUT2D eigenvalue weighted by Gasteiger charge is 2.29. The van der Waals surface area contributed by atoms with E-state index in [1.54, 1.807) is 11.0 Å². The number of likely N-dealkylation sites (tertiary alicyclic amines) is 1. The number of hydrogen-bond donors (Lipinski definition) is 1. The number of nitrogen functional groups attached to an aromatic ring is 1. The Morgan fingerprint density at radius 3 is 2.67 bits per heavy atom. The van der Waals surface area contributed by atoms with Gasteiger partial charge >= 0.3 is 5.69 Å². The number of para-hydroxylation sites is 1. The molecule has 0 atom stereocenters. The van der Waals surface area contributed by atoms with Gasteiger partial charge < -0.3 is 10.6 Å². The number of hydrogen-bond acceptors (Lipinski definition) is 4. The molecule has 1 amide bonds. The average molecular weight is 291 g/mol. The van der Waals surface area contributed by atoms with E-state index in [-0.39, 0.29) is 22.8 Å². The summed E-state index contributed by atoms with van der Waals surface area (Å²) in [5.41, 5.74) is 5.48. The normalized spacial score (nSPS) is 16.0. The maximum absolute atomic E-state index is 12.5. The van der Waals surface area contributed by atoms with Gasteiger partial charge in [-0.25, -0.2) is 0 Å². The topological polar surface area (TPSA) is 89.5 Å². The average Bonchev–Trinajstić information content (AvgIpc) is 2.47. The van der Waals surface area contributed by atoms with E-state index in [4.69, 9.17) is 5.73 Å². The van der Waals surface area contributed by atoms with Gasteiger partial charge in [0.15, 0.2) is 0 Å². The number of nitrogens with two attached hydrogens (primary N) is 1. The van der Waals surface area contributed by atoms with Crippen LogP contribution < -0.4 is 5.73 Å². The number of carbonyl (C=O) groups is 1. The maximum atomic E-state index is 12.5. The van der Waals surface area contributed by atoms with Crippen LogP contribution in [0.25, 0.3) is 0 Å². The van der Waals surface area contributed by atoms with Gasteiger partial charge in [0.2, 0.25) is 0 Å². The fourth-order valence-corrected chi connectivity index (χ4v) is 2.94. The highest BCUT2D eigenvalue weighted by Crippen LogP contribution is 2.29. The van der Waals surface area contributed by atoms with Crippen molar-refractivity contribution in [2.24, 2.45) is 5.92 Å². The molecule has 0 aromatic heterocycles. The molecule has 6 heteroatoms. The summed E-state index contributed by atoms with van der Waals surface area (Å²) in [6, 6.07) is 4.51. The fourth-order valence-electron chi connectivity index (χ4n) is 2.94. The number of nitrogens with zero attached hydrogens (tertiary/aromatic N) is 2. The van der Waals surface area contributed by atoms with Gasteiger partial charge in [-0.15, -0.1) is 0 Å². The summed E-state index contributed by atoms with van der Waals surface area (Å²) < 4.78 is 0. The van der Waals surface area contributed by atoms with E-state index in [2.05, 4.69) is 6.92 Å². The molecule has 1 fully saturated rings. The van der Waals surface area contributed by atoms with Gasteiger partial charge in [-0.05, 0) is 30.9 Å². The molecule has 114 valence electrons. The number of anilines is 1. The second-order valence-corrected chi connectivity index (χ2v) is 5.52. The molecule has 0 bridgehead atoms. The van der Waals surface area contributed by atoms with Crippen molar-refractivity contribution in [1.82, 2.24) is 4.90 Å². The van der Waals surface area contributed by atoms with E-state index < -0.39 is 4.92 Å². The van der Waals surface area contributed by atoms with Gasteiger partial charge in [0.1, 0.15) is 11.3 Å². The van der Waals surface area contributed by atoms with Crippen molar-refractivity contribution in [2.45, 2.75) is 32.6 Å². The van der Waals surface area contributed by atoms with E-state index in [9.17, 15) is 14.9 Å². The van der Waals surface area contributed by atoms with E-state index >= 15 is 0 Å².